The highest BCUT2D eigenvalue weighted by Gasteiger charge is 2.53. The van der Waals surface area contributed by atoms with Gasteiger partial charge in [0.2, 0.25) is 0 Å². The molecule has 0 amide bonds. The average Bonchev–Trinajstić information content (AvgIpc) is 3.17. The van der Waals surface area contributed by atoms with E-state index in [1.165, 1.54) is 10.4 Å². The summed E-state index contributed by atoms with van der Waals surface area (Å²) in [5.41, 5.74) is 0. The molecule has 1 atom stereocenters. The van der Waals surface area contributed by atoms with Crippen LogP contribution in [0.3, 0.4) is 0 Å². The van der Waals surface area contributed by atoms with E-state index in [0.29, 0.717) is 6.61 Å². The highest BCUT2D eigenvalue weighted by atomic mass is 28.3. The summed E-state index contributed by atoms with van der Waals surface area (Å²) in [5, 5.41) is 2.99. The van der Waals surface area contributed by atoms with Crippen LogP contribution in [0, 0.1) is 5.92 Å². The summed E-state index contributed by atoms with van der Waals surface area (Å²) in [5.74, 6) is -0.203. The topological polar surface area (TPSA) is 32.8 Å². The predicted molar refractivity (Wildman–Crippen MR) is 127 cm³/mol. The van der Waals surface area contributed by atoms with Crippen molar-refractivity contribution in [1.29, 1.82) is 0 Å². The number of nitrogens with zero attached hydrogens (tertiary/aromatic N) is 2. The van der Waals surface area contributed by atoms with Gasteiger partial charge in [-0.1, -0.05) is 88.4 Å². The van der Waals surface area contributed by atoms with Crippen molar-refractivity contribution in [1.82, 2.24) is 9.47 Å². The van der Waals surface area contributed by atoms with Crippen molar-refractivity contribution in [3.05, 3.63) is 60.7 Å². The SMILES string of the molecule is CCOC(=O)C(C)CN1CCN([Si](c2ccccc2)(c2ccccc2)C(C)(C)C)C1. The lowest BCUT2D eigenvalue weighted by atomic mass is 10.2. The summed E-state index contributed by atoms with van der Waals surface area (Å²) in [6.45, 7) is 15.1. The van der Waals surface area contributed by atoms with Crippen molar-refractivity contribution in [2.24, 2.45) is 5.92 Å². The van der Waals surface area contributed by atoms with Crippen molar-refractivity contribution in [2.75, 3.05) is 32.9 Å². The van der Waals surface area contributed by atoms with Gasteiger partial charge in [0.15, 0.2) is 8.24 Å². The van der Waals surface area contributed by atoms with Gasteiger partial charge in [0, 0.05) is 26.3 Å². The van der Waals surface area contributed by atoms with E-state index in [1.54, 1.807) is 0 Å². The summed E-state index contributed by atoms with van der Waals surface area (Å²) >= 11 is 0. The Kier molecular flexibility index (Phi) is 7.16. The highest BCUT2D eigenvalue weighted by Crippen LogP contribution is 2.39. The quantitative estimate of drug-likeness (QED) is 0.504. The first-order chi connectivity index (χ1) is 14.3. The van der Waals surface area contributed by atoms with Crippen molar-refractivity contribution in [3.8, 4) is 0 Å². The van der Waals surface area contributed by atoms with Crippen LogP contribution in [0.4, 0.5) is 0 Å². The molecule has 4 nitrogen and oxygen atoms in total. The van der Waals surface area contributed by atoms with Crippen molar-refractivity contribution < 1.29 is 9.53 Å². The van der Waals surface area contributed by atoms with Gasteiger partial charge < -0.3 is 9.30 Å². The Bertz CT molecular complexity index is 781. The van der Waals surface area contributed by atoms with E-state index in [4.69, 9.17) is 4.74 Å². The van der Waals surface area contributed by atoms with Crippen LogP contribution in [0.25, 0.3) is 0 Å². The van der Waals surface area contributed by atoms with Gasteiger partial charge in [-0.05, 0) is 22.3 Å². The Morgan fingerprint density at radius 1 is 1.00 bits per heavy atom. The number of hydrogen-bond acceptors (Lipinski definition) is 4. The molecule has 162 valence electrons. The molecule has 0 aliphatic carbocycles. The monoisotopic (exact) mass is 424 g/mol. The molecule has 0 saturated carbocycles. The first-order valence-corrected chi connectivity index (χ1v) is 13.0. The molecule has 3 rings (SSSR count). The van der Waals surface area contributed by atoms with Gasteiger partial charge in [-0.25, -0.2) is 0 Å². The maximum Gasteiger partial charge on any atom is 0.309 e. The molecule has 5 heteroatoms. The zero-order valence-electron chi connectivity index (χ0n) is 19.1. The second-order valence-electron chi connectivity index (χ2n) is 9.33. The molecule has 1 unspecified atom stereocenters. The van der Waals surface area contributed by atoms with E-state index in [1.807, 2.05) is 13.8 Å². The lowest BCUT2D eigenvalue weighted by Gasteiger charge is -2.49. The standard InChI is InChI=1S/C25H36N2O2Si/c1-6-29-24(28)21(2)19-26-17-18-27(20-26)30(25(3,4)5,22-13-9-7-10-14-22)23-15-11-8-12-16-23/h7-16,21H,6,17-20H2,1-5H3. The van der Waals surface area contributed by atoms with Gasteiger partial charge in [-0.2, -0.15) is 0 Å². The Hall–Kier alpha value is -1.95. The fourth-order valence-corrected chi connectivity index (χ4v) is 11.0. The second kappa shape index (κ2) is 9.46. The van der Waals surface area contributed by atoms with Crippen molar-refractivity contribution in [3.63, 3.8) is 0 Å². The maximum atomic E-state index is 12.2. The zero-order chi connectivity index (χ0) is 21.8. The minimum absolute atomic E-state index is 0.0957. The van der Waals surface area contributed by atoms with Gasteiger partial charge >= 0.3 is 5.97 Å². The van der Waals surface area contributed by atoms with Crippen LogP contribution in [0.2, 0.25) is 5.04 Å². The molecular formula is C25H36N2O2Si. The Balaban J connectivity index is 1.97. The number of carbonyl (C=O) groups is 1. The van der Waals surface area contributed by atoms with Gasteiger partial charge in [0.05, 0.1) is 12.5 Å². The fourth-order valence-electron chi connectivity index (χ4n) is 5.05. The van der Waals surface area contributed by atoms with Crippen LogP contribution in [0.15, 0.2) is 60.7 Å². The third kappa shape index (κ3) is 4.38. The van der Waals surface area contributed by atoms with Crippen LogP contribution in [-0.2, 0) is 9.53 Å². The molecule has 1 aliphatic heterocycles. The molecule has 0 bridgehead atoms. The van der Waals surface area contributed by atoms with Gasteiger partial charge in [0.25, 0.3) is 0 Å². The molecule has 1 heterocycles. The van der Waals surface area contributed by atoms with Crippen LogP contribution in [0.1, 0.15) is 34.6 Å². The van der Waals surface area contributed by atoms with Crippen LogP contribution in [-0.4, -0.2) is 56.6 Å². The fraction of sp³-hybridized carbons (Fsp3) is 0.480. The molecule has 1 saturated heterocycles. The summed E-state index contributed by atoms with van der Waals surface area (Å²) in [6, 6.07) is 22.1. The number of hydrogen-bond donors (Lipinski definition) is 0. The van der Waals surface area contributed by atoms with E-state index in [-0.39, 0.29) is 16.9 Å². The minimum atomic E-state index is -2.28. The molecule has 1 aliphatic rings. The van der Waals surface area contributed by atoms with Gasteiger partial charge in [-0.15, -0.1) is 0 Å². The predicted octanol–water partition coefficient (Wildman–Crippen LogP) is 3.32. The maximum absolute atomic E-state index is 12.2. The second-order valence-corrected chi connectivity index (χ2v) is 14.0. The van der Waals surface area contributed by atoms with E-state index in [0.717, 1.165) is 26.3 Å². The molecular weight excluding hydrogens is 388 g/mol. The Labute approximate surface area is 182 Å². The van der Waals surface area contributed by atoms with Crippen molar-refractivity contribution in [2.45, 2.75) is 39.7 Å². The number of esters is 1. The number of ether oxygens (including phenoxy) is 1. The lowest BCUT2D eigenvalue weighted by Crippen LogP contribution is -2.74. The van der Waals surface area contributed by atoms with E-state index >= 15 is 0 Å². The Morgan fingerprint density at radius 2 is 1.53 bits per heavy atom. The lowest BCUT2D eigenvalue weighted by molar-refractivity contribution is -0.147. The minimum Gasteiger partial charge on any atom is -0.466 e. The van der Waals surface area contributed by atoms with Gasteiger partial charge in [0.1, 0.15) is 0 Å². The first kappa shape index (κ1) is 22.7. The number of benzene rings is 2. The summed E-state index contributed by atoms with van der Waals surface area (Å²) in [4.78, 5) is 14.6. The average molecular weight is 425 g/mol. The third-order valence-electron chi connectivity index (χ3n) is 6.22. The smallest absolute Gasteiger partial charge is 0.309 e. The normalized spacial score (nSPS) is 17.1. The molecule has 0 spiro atoms. The van der Waals surface area contributed by atoms with Crippen molar-refractivity contribution >= 4 is 24.6 Å². The third-order valence-corrected chi connectivity index (χ3v) is 12.0. The van der Waals surface area contributed by atoms with Gasteiger partial charge in [-0.3, -0.25) is 9.69 Å². The number of rotatable bonds is 7. The summed E-state index contributed by atoms with van der Waals surface area (Å²) in [7, 11) is -2.28. The molecule has 2 aromatic carbocycles. The highest BCUT2D eigenvalue weighted by molar-refractivity contribution is 7.02. The van der Waals surface area contributed by atoms with E-state index < -0.39 is 8.24 Å². The molecule has 0 aromatic heterocycles. The van der Waals surface area contributed by atoms with Crippen LogP contribution >= 0.6 is 0 Å². The van der Waals surface area contributed by atoms with E-state index in [2.05, 4.69) is 90.9 Å². The summed E-state index contributed by atoms with van der Waals surface area (Å²) in [6.07, 6.45) is 0. The molecule has 2 aromatic rings. The van der Waals surface area contributed by atoms with Crippen LogP contribution < -0.4 is 10.4 Å². The zero-order valence-corrected chi connectivity index (χ0v) is 20.1. The Morgan fingerprint density at radius 3 is 2.00 bits per heavy atom. The molecule has 30 heavy (non-hydrogen) atoms. The van der Waals surface area contributed by atoms with Crippen LogP contribution in [0.5, 0.6) is 0 Å². The molecule has 0 N–H and O–H groups in total. The summed E-state index contributed by atoms with van der Waals surface area (Å²) < 4.78 is 7.96. The number of carbonyl (C=O) groups excluding carboxylic acids is 1. The van der Waals surface area contributed by atoms with E-state index in [9.17, 15) is 4.79 Å². The molecule has 0 radical (unpaired) electrons. The first-order valence-electron chi connectivity index (χ1n) is 11.1. The molecule has 1 fully saturated rings. The largest absolute Gasteiger partial charge is 0.466 e.